The average molecular weight is 327 g/mol. The van der Waals surface area contributed by atoms with Crippen LogP contribution in [0.2, 0.25) is 0 Å². The summed E-state index contributed by atoms with van der Waals surface area (Å²) < 4.78 is 1.89. The first-order chi connectivity index (χ1) is 11.3. The van der Waals surface area contributed by atoms with Gasteiger partial charge in [-0.2, -0.15) is 0 Å². The summed E-state index contributed by atoms with van der Waals surface area (Å²) in [5, 5.41) is 20.2. The second kappa shape index (κ2) is 5.45. The Bertz CT molecular complexity index is 1030. The number of anilines is 1. The number of rotatable bonds is 3. The number of pyridine rings is 1. The molecule has 2 aromatic heterocycles. The minimum Gasteiger partial charge on any atom is -0.506 e. The molecule has 2 heterocycles. The number of nitrogens with one attached hydrogen (secondary N) is 1. The highest BCUT2D eigenvalue weighted by atomic mass is 16.4. The zero-order chi connectivity index (χ0) is 17.6. The third-order valence-corrected chi connectivity index (χ3v) is 4.17. The van der Waals surface area contributed by atoms with E-state index in [1.54, 1.807) is 19.2 Å². The molecule has 0 aliphatic heterocycles. The van der Waals surface area contributed by atoms with Gasteiger partial charge in [-0.25, -0.2) is 4.79 Å². The smallest absolute Gasteiger partial charge is 0.345 e. The number of carboxylic acid groups (broad SMARTS) is 1. The summed E-state index contributed by atoms with van der Waals surface area (Å²) in [4.78, 5) is 25.8. The van der Waals surface area contributed by atoms with Crippen molar-refractivity contribution in [3.05, 3.63) is 45.9 Å². The minimum absolute atomic E-state index is 0.362. The molecule has 0 radical (unpaired) electrons. The van der Waals surface area contributed by atoms with Crippen molar-refractivity contribution in [2.75, 3.05) is 5.73 Å². The lowest BCUT2D eigenvalue weighted by Crippen LogP contribution is -2.20. The Kier molecular flexibility index (Phi) is 3.56. The van der Waals surface area contributed by atoms with Gasteiger partial charge in [0.15, 0.2) is 5.56 Å². The van der Waals surface area contributed by atoms with Crippen molar-refractivity contribution in [2.24, 2.45) is 7.05 Å². The molecule has 0 aliphatic rings. The highest BCUT2D eigenvalue weighted by molar-refractivity contribution is 5.96. The zero-order valence-corrected chi connectivity index (χ0v) is 13.3. The van der Waals surface area contributed by atoms with Crippen molar-refractivity contribution in [1.82, 2.24) is 9.55 Å². The number of aromatic amines is 1. The Balaban J connectivity index is 2.32. The van der Waals surface area contributed by atoms with E-state index >= 15 is 0 Å². The maximum Gasteiger partial charge on any atom is 0.345 e. The second-order valence-corrected chi connectivity index (χ2v) is 5.62. The monoisotopic (exact) mass is 327 g/mol. The third-order valence-electron chi connectivity index (χ3n) is 4.17. The fourth-order valence-electron chi connectivity index (χ4n) is 3.00. The minimum atomic E-state index is -1.46. The quantitative estimate of drug-likeness (QED) is 0.587. The van der Waals surface area contributed by atoms with Gasteiger partial charge in [-0.3, -0.25) is 4.79 Å². The lowest BCUT2D eigenvalue weighted by atomic mass is 9.99. The fourth-order valence-corrected chi connectivity index (χ4v) is 3.00. The van der Waals surface area contributed by atoms with Gasteiger partial charge in [0.25, 0.3) is 5.56 Å². The molecule has 0 saturated heterocycles. The third kappa shape index (κ3) is 2.21. The molecule has 3 rings (SSSR count). The Morgan fingerprint density at radius 1 is 1.38 bits per heavy atom. The highest BCUT2D eigenvalue weighted by Crippen LogP contribution is 2.33. The lowest BCUT2D eigenvalue weighted by molar-refractivity contribution is 0.0691. The Hall–Kier alpha value is -3.22. The maximum atomic E-state index is 12.1. The lowest BCUT2D eigenvalue weighted by Gasteiger charge is -2.12. The summed E-state index contributed by atoms with van der Waals surface area (Å²) >= 11 is 0. The summed E-state index contributed by atoms with van der Waals surface area (Å²) in [6.45, 7) is 1.78. The van der Waals surface area contributed by atoms with Gasteiger partial charge in [-0.1, -0.05) is 13.0 Å². The molecule has 0 spiro atoms. The van der Waals surface area contributed by atoms with Gasteiger partial charge in [0.2, 0.25) is 0 Å². The van der Waals surface area contributed by atoms with Gasteiger partial charge in [-0.15, -0.1) is 0 Å². The first kappa shape index (κ1) is 15.7. The molecule has 7 nitrogen and oxygen atoms in total. The molecular weight excluding hydrogens is 310 g/mol. The number of nitrogens with two attached hydrogens (primary N) is 1. The topological polar surface area (TPSA) is 121 Å². The Morgan fingerprint density at radius 3 is 2.71 bits per heavy atom. The summed E-state index contributed by atoms with van der Waals surface area (Å²) in [6.07, 6.45) is 2.16. The molecule has 0 atom stereocenters. The van der Waals surface area contributed by atoms with Crippen LogP contribution < -0.4 is 11.3 Å². The van der Waals surface area contributed by atoms with Crippen LogP contribution >= 0.6 is 0 Å². The van der Waals surface area contributed by atoms with Gasteiger partial charge in [0.05, 0.1) is 11.4 Å². The van der Waals surface area contributed by atoms with E-state index in [1.165, 1.54) is 0 Å². The van der Waals surface area contributed by atoms with Gasteiger partial charge in [0, 0.05) is 29.7 Å². The molecule has 5 N–H and O–H groups in total. The van der Waals surface area contributed by atoms with Crippen LogP contribution in [0.5, 0.6) is 5.75 Å². The molecule has 0 unspecified atom stereocenters. The normalized spacial score (nSPS) is 11.1. The van der Waals surface area contributed by atoms with Crippen LogP contribution in [0.1, 0.15) is 22.8 Å². The maximum absolute atomic E-state index is 12.1. The fraction of sp³-hybridized carbons (Fsp3) is 0.176. The molecule has 24 heavy (non-hydrogen) atoms. The number of aryl methyl sites for hydroxylation is 1. The van der Waals surface area contributed by atoms with E-state index in [0.717, 1.165) is 10.9 Å². The highest BCUT2D eigenvalue weighted by Gasteiger charge is 2.22. The first-order valence-corrected chi connectivity index (χ1v) is 7.41. The number of nitrogen functional groups attached to an aromatic ring is 1. The van der Waals surface area contributed by atoms with E-state index in [1.807, 2.05) is 23.7 Å². The SMILES string of the molecule is CCc1c(-c2ccc3c(c2)c(N)cn3C)[nH]c(=O)c(C(=O)O)c1O. The molecule has 1 aromatic carbocycles. The predicted octanol–water partition coefficient (Wildman–Crippen LogP) is 2.08. The summed E-state index contributed by atoms with van der Waals surface area (Å²) in [6, 6.07) is 5.47. The first-order valence-electron chi connectivity index (χ1n) is 7.41. The van der Waals surface area contributed by atoms with Crippen LogP contribution in [-0.4, -0.2) is 25.7 Å². The number of hydrogen-bond donors (Lipinski definition) is 4. The van der Waals surface area contributed by atoms with E-state index < -0.39 is 22.8 Å². The van der Waals surface area contributed by atoms with Crippen molar-refractivity contribution in [3.8, 4) is 17.0 Å². The number of aromatic carboxylic acids is 1. The van der Waals surface area contributed by atoms with Crippen molar-refractivity contribution in [3.63, 3.8) is 0 Å². The van der Waals surface area contributed by atoms with Crippen LogP contribution in [0.3, 0.4) is 0 Å². The number of aromatic hydroxyl groups is 1. The number of aromatic nitrogens is 2. The summed E-state index contributed by atoms with van der Waals surface area (Å²) in [5.74, 6) is -1.96. The molecule has 0 fully saturated rings. The molecule has 0 amide bonds. The second-order valence-electron chi connectivity index (χ2n) is 5.62. The number of H-pyrrole nitrogens is 1. The van der Waals surface area contributed by atoms with E-state index in [0.29, 0.717) is 28.9 Å². The number of hydrogen-bond acceptors (Lipinski definition) is 4. The largest absolute Gasteiger partial charge is 0.506 e. The van der Waals surface area contributed by atoms with Crippen molar-refractivity contribution in [1.29, 1.82) is 0 Å². The standard InChI is InChI=1S/C17H17N3O4/c1-3-9-14(19-16(22)13(15(9)21)17(23)24)8-4-5-12-10(6-8)11(18)7-20(12)2/h4-7H,3,18H2,1-2H3,(H,23,24)(H2,19,21,22). The van der Waals surface area contributed by atoms with Crippen LogP contribution in [0.15, 0.2) is 29.2 Å². The molecule has 0 saturated carbocycles. The average Bonchev–Trinajstić information content (AvgIpc) is 2.80. The van der Waals surface area contributed by atoms with E-state index in [2.05, 4.69) is 4.98 Å². The number of nitrogens with zero attached hydrogens (tertiary/aromatic N) is 1. The molecule has 0 aliphatic carbocycles. The van der Waals surface area contributed by atoms with Crippen LogP contribution in [0.25, 0.3) is 22.2 Å². The van der Waals surface area contributed by atoms with Crippen LogP contribution in [0.4, 0.5) is 5.69 Å². The van der Waals surface area contributed by atoms with Gasteiger partial charge in [0.1, 0.15) is 5.75 Å². The summed E-state index contributed by atoms with van der Waals surface area (Å²) in [5.41, 5.74) is 7.48. The van der Waals surface area contributed by atoms with Gasteiger partial charge < -0.3 is 25.5 Å². The van der Waals surface area contributed by atoms with E-state index in [4.69, 9.17) is 10.8 Å². The van der Waals surface area contributed by atoms with Crippen LogP contribution in [0, 0.1) is 0 Å². The molecule has 124 valence electrons. The van der Waals surface area contributed by atoms with Crippen molar-refractivity contribution in [2.45, 2.75) is 13.3 Å². The van der Waals surface area contributed by atoms with E-state index in [-0.39, 0.29) is 0 Å². The Labute approximate surface area is 137 Å². The van der Waals surface area contributed by atoms with Crippen molar-refractivity contribution >= 4 is 22.6 Å². The predicted molar refractivity (Wildman–Crippen MR) is 91.4 cm³/mol. The molecule has 0 bridgehead atoms. The zero-order valence-electron chi connectivity index (χ0n) is 13.3. The van der Waals surface area contributed by atoms with Gasteiger partial charge >= 0.3 is 5.97 Å². The Morgan fingerprint density at radius 2 is 2.08 bits per heavy atom. The number of carboxylic acids is 1. The molecular formula is C17H17N3O4. The van der Waals surface area contributed by atoms with E-state index in [9.17, 15) is 14.7 Å². The number of benzene rings is 1. The van der Waals surface area contributed by atoms with Gasteiger partial charge in [-0.05, 0) is 24.1 Å². The number of carbonyl (C=O) groups is 1. The molecule has 3 aromatic rings. The number of fused-ring (bicyclic) bond motifs is 1. The summed E-state index contributed by atoms with van der Waals surface area (Å²) in [7, 11) is 1.88. The van der Waals surface area contributed by atoms with Crippen molar-refractivity contribution < 1.29 is 15.0 Å². The molecule has 7 heteroatoms. The van der Waals surface area contributed by atoms with Crippen LogP contribution in [-0.2, 0) is 13.5 Å².